The lowest BCUT2D eigenvalue weighted by Crippen LogP contribution is -2.43. The Morgan fingerprint density at radius 1 is 1.33 bits per heavy atom. The average molecular weight is 207 g/mol. The van der Waals surface area contributed by atoms with Crippen molar-refractivity contribution >= 4 is 0 Å². The molecule has 1 aromatic carbocycles. The lowest BCUT2D eigenvalue weighted by atomic mass is 9.74. The molecule has 1 aliphatic rings. The van der Waals surface area contributed by atoms with E-state index in [0.29, 0.717) is 0 Å². The monoisotopic (exact) mass is 207 g/mol. The van der Waals surface area contributed by atoms with Crippen molar-refractivity contribution in [3.05, 3.63) is 35.1 Å². The Balaban J connectivity index is 2.49. The van der Waals surface area contributed by atoms with Crippen LogP contribution in [0.2, 0.25) is 0 Å². The number of benzene rings is 1. The predicted molar refractivity (Wildman–Crippen MR) is 60.3 cm³/mol. The zero-order chi connectivity index (χ0) is 11.3. The summed E-state index contributed by atoms with van der Waals surface area (Å²) in [6.45, 7) is 6.06. The molecular weight excluding hydrogens is 189 g/mol. The Labute approximate surface area is 90.5 Å². The molecule has 0 radical (unpaired) electrons. The van der Waals surface area contributed by atoms with Gasteiger partial charge in [0.2, 0.25) is 0 Å². The maximum absolute atomic E-state index is 13.5. The molecule has 2 heteroatoms. The second-order valence-corrected chi connectivity index (χ2v) is 5.19. The van der Waals surface area contributed by atoms with Gasteiger partial charge in [-0.1, -0.05) is 26.0 Å². The first-order valence-corrected chi connectivity index (χ1v) is 5.43. The molecule has 82 valence electrons. The minimum atomic E-state index is -0.140. The van der Waals surface area contributed by atoms with Gasteiger partial charge in [-0.25, -0.2) is 4.39 Å². The highest BCUT2D eigenvalue weighted by atomic mass is 19.1. The van der Waals surface area contributed by atoms with Crippen LogP contribution >= 0.6 is 0 Å². The summed E-state index contributed by atoms with van der Waals surface area (Å²) in [7, 11) is 0. The minimum Gasteiger partial charge on any atom is -0.324 e. The summed E-state index contributed by atoms with van der Waals surface area (Å²) < 4.78 is 13.5. The van der Waals surface area contributed by atoms with Crippen LogP contribution in [0.4, 0.5) is 4.39 Å². The van der Waals surface area contributed by atoms with Crippen molar-refractivity contribution in [2.75, 3.05) is 0 Å². The minimum absolute atomic E-state index is 0.133. The van der Waals surface area contributed by atoms with Gasteiger partial charge in [0.15, 0.2) is 0 Å². The molecule has 1 fully saturated rings. The first-order valence-electron chi connectivity index (χ1n) is 5.43. The molecule has 1 nitrogen and oxygen atoms in total. The van der Waals surface area contributed by atoms with Crippen molar-refractivity contribution in [2.24, 2.45) is 5.73 Å². The number of hydrogen-bond donors (Lipinski definition) is 1. The number of nitrogens with two attached hydrogens (primary N) is 1. The van der Waals surface area contributed by atoms with E-state index < -0.39 is 0 Å². The molecule has 0 unspecified atom stereocenters. The van der Waals surface area contributed by atoms with Crippen LogP contribution in [0.25, 0.3) is 0 Å². The smallest absolute Gasteiger partial charge is 0.126 e. The predicted octanol–water partition coefficient (Wildman–Crippen LogP) is 2.90. The van der Waals surface area contributed by atoms with Crippen LogP contribution in [0, 0.1) is 12.7 Å². The highest BCUT2D eigenvalue weighted by Gasteiger charge is 2.52. The number of halogens is 1. The fourth-order valence-corrected chi connectivity index (χ4v) is 2.31. The third-order valence-electron chi connectivity index (χ3n) is 3.97. The Morgan fingerprint density at radius 3 is 2.47 bits per heavy atom. The van der Waals surface area contributed by atoms with Gasteiger partial charge in [-0.05, 0) is 37.0 Å². The van der Waals surface area contributed by atoms with Crippen LogP contribution in [0.5, 0.6) is 0 Å². The van der Waals surface area contributed by atoms with Crippen molar-refractivity contribution < 1.29 is 4.39 Å². The highest BCUT2D eigenvalue weighted by molar-refractivity contribution is 5.38. The summed E-state index contributed by atoms with van der Waals surface area (Å²) in [6, 6.07) is 5.27. The van der Waals surface area contributed by atoms with Crippen molar-refractivity contribution in [1.82, 2.24) is 0 Å². The van der Waals surface area contributed by atoms with Gasteiger partial charge in [-0.15, -0.1) is 0 Å². The van der Waals surface area contributed by atoms with Gasteiger partial charge in [0, 0.05) is 11.0 Å². The van der Waals surface area contributed by atoms with E-state index in [1.165, 1.54) is 6.07 Å². The molecule has 2 N–H and O–H groups in total. The molecule has 0 bridgehead atoms. The Morgan fingerprint density at radius 2 is 1.93 bits per heavy atom. The van der Waals surface area contributed by atoms with Gasteiger partial charge in [0.25, 0.3) is 0 Å². The average Bonchev–Trinajstić information content (AvgIpc) is 2.90. The zero-order valence-electron chi connectivity index (χ0n) is 9.60. The SMILES string of the molecule is Cc1c(F)cccc1C(C)(C)C1(N)CC1. The van der Waals surface area contributed by atoms with Crippen LogP contribution in [-0.4, -0.2) is 5.54 Å². The first-order chi connectivity index (χ1) is 6.88. The summed E-state index contributed by atoms with van der Waals surface area (Å²) in [5.41, 5.74) is 7.76. The van der Waals surface area contributed by atoms with Crippen molar-refractivity contribution in [1.29, 1.82) is 0 Å². The summed E-state index contributed by atoms with van der Waals surface area (Å²) >= 11 is 0. The summed E-state index contributed by atoms with van der Waals surface area (Å²) in [5.74, 6) is -0.134. The van der Waals surface area contributed by atoms with Gasteiger partial charge in [-0.3, -0.25) is 0 Å². The second-order valence-electron chi connectivity index (χ2n) is 5.19. The maximum Gasteiger partial charge on any atom is 0.126 e. The molecule has 0 amide bonds. The molecule has 15 heavy (non-hydrogen) atoms. The molecule has 1 aliphatic carbocycles. The van der Waals surface area contributed by atoms with Crippen molar-refractivity contribution in [3.8, 4) is 0 Å². The van der Waals surface area contributed by atoms with Crippen LogP contribution in [0.1, 0.15) is 37.8 Å². The van der Waals surface area contributed by atoms with E-state index in [0.717, 1.165) is 24.0 Å². The number of hydrogen-bond acceptors (Lipinski definition) is 1. The third kappa shape index (κ3) is 1.48. The molecule has 0 atom stereocenters. The summed E-state index contributed by atoms with van der Waals surface area (Å²) in [5, 5.41) is 0. The van der Waals surface area contributed by atoms with E-state index in [2.05, 4.69) is 13.8 Å². The molecule has 0 aromatic heterocycles. The van der Waals surface area contributed by atoms with E-state index in [1.54, 1.807) is 6.07 Å². The first kappa shape index (κ1) is 10.6. The fourth-order valence-electron chi connectivity index (χ4n) is 2.31. The van der Waals surface area contributed by atoms with Gasteiger partial charge in [-0.2, -0.15) is 0 Å². The van der Waals surface area contributed by atoms with Gasteiger partial charge in [0.1, 0.15) is 5.82 Å². The van der Waals surface area contributed by atoms with Crippen LogP contribution < -0.4 is 5.73 Å². The molecule has 2 rings (SSSR count). The largest absolute Gasteiger partial charge is 0.324 e. The van der Waals surface area contributed by atoms with Crippen LogP contribution in [0.15, 0.2) is 18.2 Å². The lowest BCUT2D eigenvalue weighted by molar-refractivity contribution is 0.387. The molecule has 0 aliphatic heterocycles. The van der Waals surface area contributed by atoms with Gasteiger partial charge >= 0.3 is 0 Å². The van der Waals surface area contributed by atoms with E-state index in [9.17, 15) is 4.39 Å². The van der Waals surface area contributed by atoms with E-state index in [4.69, 9.17) is 5.73 Å². The molecule has 1 saturated carbocycles. The van der Waals surface area contributed by atoms with Crippen LogP contribution in [0.3, 0.4) is 0 Å². The Kier molecular flexibility index (Phi) is 2.16. The van der Waals surface area contributed by atoms with E-state index >= 15 is 0 Å². The zero-order valence-corrected chi connectivity index (χ0v) is 9.60. The fraction of sp³-hybridized carbons (Fsp3) is 0.538. The second kappa shape index (κ2) is 3.05. The van der Waals surface area contributed by atoms with E-state index in [-0.39, 0.29) is 16.8 Å². The van der Waals surface area contributed by atoms with Crippen molar-refractivity contribution in [2.45, 2.75) is 44.6 Å². The van der Waals surface area contributed by atoms with Crippen LogP contribution in [-0.2, 0) is 5.41 Å². The van der Waals surface area contributed by atoms with Gasteiger partial charge < -0.3 is 5.73 Å². The molecule has 0 heterocycles. The molecule has 0 spiro atoms. The lowest BCUT2D eigenvalue weighted by Gasteiger charge is -2.34. The highest BCUT2D eigenvalue weighted by Crippen LogP contribution is 2.49. The molecular formula is C13H18FN. The third-order valence-corrected chi connectivity index (χ3v) is 3.97. The van der Waals surface area contributed by atoms with Crippen molar-refractivity contribution in [3.63, 3.8) is 0 Å². The topological polar surface area (TPSA) is 26.0 Å². The van der Waals surface area contributed by atoms with Gasteiger partial charge in [0.05, 0.1) is 0 Å². The number of rotatable bonds is 2. The Hall–Kier alpha value is -0.890. The maximum atomic E-state index is 13.5. The standard InChI is InChI=1S/C13H18FN/c1-9-10(5-4-6-11(9)14)12(2,3)13(15)7-8-13/h4-6H,7-8,15H2,1-3H3. The molecule has 1 aromatic rings. The molecule has 0 saturated heterocycles. The summed E-state index contributed by atoms with van der Waals surface area (Å²) in [6.07, 6.45) is 2.08. The summed E-state index contributed by atoms with van der Waals surface area (Å²) in [4.78, 5) is 0. The van der Waals surface area contributed by atoms with E-state index in [1.807, 2.05) is 13.0 Å². The quantitative estimate of drug-likeness (QED) is 0.792. The Bertz CT molecular complexity index is 392. The normalized spacial score (nSPS) is 19.0.